The molecule has 0 fully saturated rings. The van der Waals surface area contributed by atoms with Gasteiger partial charge >= 0.3 is 0 Å². The Morgan fingerprint density at radius 1 is 0.600 bits per heavy atom. The molecule has 0 saturated heterocycles. The third kappa shape index (κ3) is 13.9. The molecule has 0 heterocycles. The Morgan fingerprint density at radius 3 is 1.30 bits per heavy atom. The molecular formula is C16H34N2O2. The Morgan fingerprint density at radius 2 is 0.950 bits per heavy atom. The highest BCUT2D eigenvalue weighted by Gasteiger charge is 2.04. The Hall–Kier alpha value is -0.480. The van der Waals surface area contributed by atoms with Crippen molar-refractivity contribution >= 4 is 0 Å². The average molecular weight is 286 g/mol. The van der Waals surface area contributed by atoms with Gasteiger partial charge in [-0.05, 0) is 25.7 Å². The summed E-state index contributed by atoms with van der Waals surface area (Å²) in [6.07, 6.45) is 11.5. The summed E-state index contributed by atoms with van der Waals surface area (Å²) in [6, 6.07) is 0. The van der Waals surface area contributed by atoms with Crippen molar-refractivity contribution < 1.29 is 10.2 Å². The minimum atomic E-state index is -0.744. The lowest BCUT2D eigenvalue weighted by Gasteiger charge is -2.07. The molecule has 0 rings (SSSR count). The first-order valence-electron chi connectivity index (χ1n) is 8.46. The standard InChI is InChI=1S/C16H34N2O2/c1-3-5-7-9-11-13-15(19)17-18-16(20)14-12-10-8-6-4-2/h15-16,19-20H,3-14H2,1-2H3/b18-17+. The number of aliphatic hydroxyl groups is 2. The molecule has 0 aromatic carbocycles. The third-order valence-electron chi connectivity index (χ3n) is 3.46. The normalized spacial score (nSPS) is 14.8. The van der Waals surface area contributed by atoms with Crippen LogP contribution < -0.4 is 0 Å². The predicted molar refractivity (Wildman–Crippen MR) is 83.6 cm³/mol. The van der Waals surface area contributed by atoms with Crippen LogP contribution in [0, 0.1) is 0 Å². The highest BCUT2D eigenvalue weighted by atomic mass is 16.3. The van der Waals surface area contributed by atoms with Gasteiger partial charge in [-0.2, -0.15) is 10.2 Å². The molecule has 0 aromatic heterocycles. The molecule has 4 nitrogen and oxygen atoms in total. The molecule has 0 bridgehead atoms. The average Bonchev–Trinajstić information content (AvgIpc) is 2.44. The van der Waals surface area contributed by atoms with E-state index in [4.69, 9.17) is 0 Å². The van der Waals surface area contributed by atoms with E-state index >= 15 is 0 Å². The number of unbranched alkanes of at least 4 members (excludes halogenated alkanes) is 8. The van der Waals surface area contributed by atoms with E-state index in [9.17, 15) is 10.2 Å². The molecule has 0 amide bonds. The van der Waals surface area contributed by atoms with Crippen LogP contribution in [0.25, 0.3) is 0 Å². The largest absolute Gasteiger partial charge is 0.370 e. The lowest BCUT2D eigenvalue weighted by Crippen LogP contribution is -2.06. The van der Waals surface area contributed by atoms with Gasteiger partial charge in [-0.25, -0.2) is 0 Å². The van der Waals surface area contributed by atoms with Gasteiger partial charge in [0.05, 0.1) is 0 Å². The third-order valence-corrected chi connectivity index (χ3v) is 3.46. The van der Waals surface area contributed by atoms with E-state index in [0.29, 0.717) is 12.8 Å². The van der Waals surface area contributed by atoms with E-state index in [-0.39, 0.29) is 0 Å². The summed E-state index contributed by atoms with van der Waals surface area (Å²) in [5.41, 5.74) is 0. The Bertz CT molecular complexity index is 201. The molecule has 2 atom stereocenters. The zero-order valence-corrected chi connectivity index (χ0v) is 13.4. The highest BCUT2D eigenvalue weighted by Crippen LogP contribution is 2.11. The highest BCUT2D eigenvalue weighted by molar-refractivity contribution is 4.55. The number of hydrogen-bond acceptors (Lipinski definition) is 4. The minimum Gasteiger partial charge on any atom is -0.370 e. The maximum absolute atomic E-state index is 9.62. The molecule has 0 aliphatic heterocycles. The lowest BCUT2D eigenvalue weighted by molar-refractivity contribution is 0.126. The molecule has 0 aliphatic carbocycles. The summed E-state index contributed by atoms with van der Waals surface area (Å²) < 4.78 is 0. The van der Waals surface area contributed by atoms with E-state index in [1.807, 2.05) is 0 Å². The van der Waals surface area contributed by atoms with Crippen molar-refractivity contribution in [3.8, 4) is 0 Å². The summed E-state index contributed by atoms with van der Waals surface area (Å²) in [7, 11) is 0. The van der Waals surface area contributed by atoms with Gasteiger partial charge in [0.15, 0.2) is 12.5 Å². The molecular weight excluding hydrogens is 252 g/mol. The van der Waals surface area contributed by atoms with Crippen LogP contribution in [0.2, 0.25) is 0 Å². The van der Waals surface area contributed by atoms with Crippen LogP contribution in [0.3, 0.4) is 0 Å². The summed E-state index contributed by atoms with van der Waals surface area (Å²) in [6.45, 7) is 4.37. The van der Waals surface area contributed by atoms with Crippen molar-refractivity contribution in [1.29, 1.82) is 0 Å². The van der Waals surface area contributed by atoms with E-state index < -0.39 is 12.5 Å². The van der Waals surface area contributed by atoms with Crippen LogP contribution in [0.5, 0.6) is 0 Å². The van der Waals surface area contributed by atoms with Crippen molar-refractivity contribution in [1.82, 2.24) is 0 Å². The van der Waals surface area contributed by atoms with Gasteiger partial charge in [-0.3, -0.25) is 0 Å². The SMILES string of the molecule is CCCCCCCC(O)/N=N/C(O)CCCCCCC. The van der Waals surface area contributed by atoms with Crippen molar-refractivity contribution in [3.63, 3.8) is 0 Å². The summed E-state index contributed by atoms with van der Waals surface area (Å²) in [5, 5.41) is 26.8. The maximum atomic E-state index is 9.62. The Labute approximate surface area is 124 Å². The second kappa shape index (κ2) is 14.9. The van der Waals surface area contributed by atoms with Gasteiger partial charge in [0.2, 0.25) is 0 Å². The number of azo groups is 1. The monoisotopic (exact) mass is 286 g/mol. The van der Waals surface area contributed by atoms with Crippen molar-refractivity contribution in [2.24, 2.45) is 10.2 Å². The first-order valence-corrected chi connectivity index (χ1v) is 8.46. The second-order valence-corrected chi connectivity index (χ2v) is 5.60. The van der Waals surface area contributed by atoms with Gasteiger partial charge in [0, 0.05) is 0 Å². The number of hydrogen-bond donors (Lipinski definition) is 2. The van der Waals surface area contributed by atoms with Crippen LogP contribution in [0.15, 0.2) is 10.2 Å². The minimum absolute atomic E-state index is 0.649. The topological polar surface area (TPSA) is 65.2 Å². The fourth-order valence-corrected chi connectivity index (χ4v) is 2.13. The zero-order valence-electron chi connectivity index (χ0n) is 13.4. The van der Waals surface area contributed by atoms with E-state index in [1.165, 1.54) is 38.5 Å². The van der Waals surface area contributed by atoms with E-state index in [0.717, 1.165) is 25.7 Å². The van der Waals surface area contributed by atoms with Gasteiger partial charge < -0.3 is 10.2 Å². The molecule has 0 spiro atoms. The van der Waals surface area contributed by atoms with Gasteiger partial charge in [-0.1, -0.05) is 65.2 Å². The van der Waals surface area contributed by atoms with Crippen LogP contribution in [0.1, 0.15) is 90.9 Å². The van der Waals surface area contributed by atoms with Crippen molar-refractivity contribution in [2.45, 2.75) is 103 Å². The molecule has 20 heavy (non-hydrogen) atoms. The predicted octanol–water partition coefficient (Wildman–Crippen LogP) is 4.80. The maximum Gasteiger partial charge on any atom is 0.165 e. The Kier molecular flexibility index (Phi) is 14.6. The first kappa shape index (κ1) is 19.5. The second-order valence-electron chi connectivity index (χ2n) is 5.60. The quantitative estimate of drug-likeness (QED) is 0.356. The van der Waals surface area contributed by atoms with Crippen LogP contribution in [-0.4, -0.2) is 22.7 Å². The summed E-state index contributed by atoms with van der Waals surface area (Å²) in [4.78, 5) is 0. The molecule has 120 valence electrons. The van der Waals surface area contributed by atoms with Crippen molar-refractivity contribution in [3.05, 3.63) is 0 Å². The van der Waals surface area contributed by atoms with Gasteiger partial charge in [0.25, 0.3) is 0 Å². The smallest absolute Gasteiger partial charge is 0.165 e. The van der Waals surface area contributed by atoms with E-state index in [2.05, 4.69) is 24.1 Å². The van der Waals surface area contributed by atoms with Crippen LogP contribution in [0.4, 0.5) is 0 Å². The van der Waals surface area contributed by atoms with Gasteiger partial charge in [0.1, 0.15) is 0 Å². The molecule has 2 N–H and O–H groups in total. The Balaban J connectivity index is 3.49. The molecule has 4 heteroatoms. The lowest BCUT2D eigenvalue weighted by atomic mass is 10.1. The fourth-order valence-electron chi connectivity index (χ4n) is 2.13. The van der Waals surface area contributed by atoms with Crippen LogP contribution >= 0.6 is 0 Å². The number of rotatable bonds is 14. The summed E-state index contributed by atoms with van der Waals surface area (Å²) in [5.74, 6) is 0. The zero-order chi connectivity index (χ0) is 15.1. The van der Waals surface area contributed by atoms with Crippen LogP contribution in [-0.2, 0) is 0 Å². The number of nitrogens with zero attached hydrogens (tertiary/aromatic N) is 2. The van der Waals surface area contributed by atoms with Gasteiger partial charge in [-0.15, -0.1) is 0 Å². The molecule has 0 radical (unpaired) electrons. The van der Waals surface area contributed by atoms with Crippen molar-refractivity contribution in [2.75, 3.05) is 0 Å². The fraction of sp³-hybridized carbons (Fsp3) is 1.00. The summed E-state index contributed by atoms with van der Waals surface area (Å²) >= 11 is 0. The molecule has 0 saturated carbocycles. The molecule has 2 unspecified atom stereocenters. The first-order chi connectivity index (χ1) is 9.70. The number of aliphatic hydroxyl groups excluding tert-OH is 2. The van der Waals surface area contributed by atoms with E-state index in [1.54, 1.807) is 0 Å². The molecule has 0 aromatic rings. The molecule has 0 aliphatic rings.